The van der Waals surface area contributed by atoms with Gasteiger partial charge in [0.1, 0.15) is 19.3 Å². The molecule has 3 rings (SSSR count). The second kappa shape index (κ2) is 12.0. The zero-order valence-electron chi connectivity index (χ0n) is 20.3. The van der Waals surface area contributed by atoms with Crippen molar-refractivity contribution < 1.29 is 27.5 Å². The molecule has 1 heterocycles. The summed E-state index contributed by atoms with van der Waals surface area (Å²) in [4.78, 5) is 27.0. The Morgan fingerprint density at radius 1 is 1.08 bits per heavy atom. The number of hydrogen-bond acceptors (Lipinski definition) is 6. The third-order valence-corrected chi connectivity index (χ3v) is 7.52. The van der Waals surface area contributed by atoms with Crippen molar-refractivity contribution >= 4 is 50.7 Å². The lowest BCUT2D eigenvalue weighted by atomic mass is 10.1. The van der Waals surface area contributed by atoms with Crippen LogP contribution in [-0.2, 0) is 26.2 Å². The molecule has 0 spiro atoms. The molecule has 196 valence electrons. The SMILES string of the molecule is CNC(=O)C(C)N(Cc1ccc(Cl)cc1Cl)C(=O)CCCN(c1ccc2c(c1)OCCO2)S(C)(=O)=O. The minimum Gasteiger partial charge on any atom is -0.486 e. The van der Waals surface area contributed by atoms with Crippen LogP contribution in [0, 0.1) is 0 Å². The van der Waals surface area contributed by atoms with Gasteiger partial charge in [-0.2, -0.15) is 0 Å². The van der Waals surface area contributed by atoms with Crippen LogP contribution in [0.4, 0.5) is 5.69 Å². The van der Waals surface area contributed by atoms with E-state index in [0.717, 1.165) is 6.26 Å². The molecule has 2 aromatic rings. The number of nitrogens with one attached hydrogen (secondary N) is 1. The standard InChI is InChI=1S/C24H29Cl2N3O6S/c1-16(24(31)27-2)28(15-17-6-7-18(25)13-20(17)26)23(30)5-4-10-29(36(3,32)33)19-8-9-21-22(14-19)35-12-11-34-21/h6-9,13-14,16H,4-5,10-12,15H2,1-3H3,(H,27,31). The first-order valence-corrected chi connectivity index (χ1v) is 13.9. The fourth-order valence-corrected chi connectivity index (χ4v) is 5.24. The highest BCUT2D eigenvalue weighted by molar-refractivity contribution is 7.92. The highest BCUT2D eigenvalue weighted by Crippen LogP contribution is 2.35. The Morgan fingerprint density at radius 3 is 2.42 bits per heavy atom. The van der Waals surface area contributed by atoms with Crippen LogP contribution in [-0.4, -0.2) is 64.2 Å². The largest absolute Gasteiger partial charge is 0.486 e. The molecule has 9 nitrogen and oxygen atoms in total. The van der Waals surface area contributed by atoms with Crippen LogP contribution in [0.25, 0.3) is 0 Å². The van der Waals surface area contributed by atoms with Gasteiger partial charge in [-0.25, -0.2) is 8.42 Å². The Labute approximate surface area is 221 Å². The smallest absolute Gasteiger partial charge is 0.242 e. The highest BCUT2D eigenvalue weighted by atomic mass is 35.5. The van der Waals surface area contributed by atoms with E-state index in [1.165, 1.54) is 16.3 Å². The van der Waals surface area contributed by atoms with E-state index in [0.29, 0.717) is 46.0 Å². The minimum atomic E-state index is -3.64. The summed E-state index contributed by atoms with van der Waals surface area (Å²) in [5.41, 5.74) is 1.05. The maximum atomic E-state index is 13.2. The molecule has 1 unspecified atom stereocenters. The van der Waals surface area contributed by atoms with Crippen molar-refractivity contribution in [1.82, 2.24) is 10.2 Å². The molecule has 0 bridgehead atoms. The third-order valence-electron chi connectivity index (χ3n) is 5.74. The summed E-state index contributed by atoms with van der Waals surface area (Å²) in [6, 6.07) is 9.08. The minimum absolute atomic E-state index is 0.0170. The molecule has 1 N–H and O–H groups in total. The molecule has 36 heavy (non-hydrogen) atoms. The van der Waals surface area contributed by atoms with Gasteiger partial charge in [0.15, 0.2) is 11.5 Å². The molecule has 0 aliphatic carbocycles. The van der Waals surface area contributed by atoms with E-state index in [4.69, 9.17) is 32.7 Å². The zero-order chi connectivity index (χ0) is 26.5. The van der Waals surface area contributed by atoms with Crippen molar-refractivity contribution in [2.24, 2.45) is 0 Å². The lowest BCUT2D eigenvalue weighted by molar-refractivity contribution is -0.140. The Bertz CT molecular complexity index is 1220. The van der Waals surface area contributed by atoms with Crippen LogP contribution in [0.2, 0.25) is 10.0 Å². The molecule has 1 aliphatic heterocycles. The molecule has 0 aromatic heterocycles. The highest BCUT2D eigenvalue weighted by Gasteiger charge is 2.27. The summed E-state index contributed by atoms with van der Waals surface area (Å²) >= 11 is 12.3. The fourth-order valence-electron chi connectivity index (χ4n) is 3.82. The summed E-state index contributed by atoms with van der Waals surface area (Å²) < 4.78 is 37.4. The van der Waals surface area contributed by atoms with Crippen molar-refractivity contribution in [3.8, 4) is 11.5 Å². The second-order valence-electron chi connectivity index (χ2n) is 8.31. The van der Waals surface area contributed by atoms with Crippen molar-refractivity contribution in [2.75, 3.05) is 37.4 Å². The normalized spacial score (nSPS) is 13.6. The summed E-state index contributed by atoms with van der Waals surface area (Å²) in [6.45, 7) is 2.59. The van der Waals surface area contributed by atoms with Gasteiger partial charge >= 0.3 is 0 Å². The van der Waals surface area contributed by atoms with E-state index >= 15 is 0 Å². The van der Waals surface area contributed by atoms with E-state index in [9.17, 15) is 18.0 Å². The Morgan fingerprint density at radius 2 is 1.78 bits per heavy atom. The monoisotopic (exact) mass is 557 g/mol. The number of rotatable bonds is 10. The molecular formula is C24H29Cl2N3O6S. The average molecular weight is 558 g/mol. The number of amides is 2. The molecule has 1 atom stereocenters. The predicted molar refractivity (Wildman–Crippen MR) is 139 cm³/mol. The van der Waals surface area contributed by atoms with Crippen LogP contribution in [0.15, 0.2) is 36.4 Å². The van der Waals surface area contributed by atoms with Gasteiger partial charge in [-0.05, 0) is 43.2 Å². The number of anilines is 1. The first-order chi connectivity index (χ1) is 17.0. The molecule has 1 aliphatic rings. The zero-order valence-corrected chi connectivity index (χ0v) is 22.6. The number of carbonyl (C=O) groups excluding carboxylic acids is 2. The number of sulfonamides is 1. The fraction of sp³-hybridized carbons (Fsp3) is 0.417. The quantitative estimate of drug-likeness (QED) is 0.479. The van der Waals surface area contributed by atoms with E-state index in [1.807, 2.05) is 0 Å². The maximum absolute atomic E-state index is 13.2. The van der Waals surface area contributed by atoms with Crippen molar-refractivity contribution in [1.29, 1.82) is 0 Å². The number of carbonyl (C=O) groups is 2. The number of likely N-dealkylation sites (N-methyl/N-ethyl adjacent to an activating group) is 1. The van der Waals surface area contributed by atoms with Gasteiger partial charge in [-0.15, -0.1) is 0 Å². The molecule has 2 amide bonds. The van der Waals surface area contributed by atoms with Gasteiger partial charge in [0.2, 0.25) is 21.8 Å². The second-order valence-corrected chi connectivity index (χ2v) is 11.1. The lowest BCUT2D eigenvalue weighted by Gasteiger charge is -2.29. The number of nitrogens with zero attached hydrogens (tertiary/aromatic N) is 2. The lowest BCUT2D eigenvalue weighted by Crippen LogP contribution is -2.46. The van der Waals surface area contributed by atoms with Crippen molar-refractivity contribution in [3.63, 3.8) is 0 Å². The van der Waals surface area contributed by atoms with Gasteiger partial charge < -0.3 is 19.7 Å². The number of ether oxygens (including phenoxy) is 2. The first kappa shape index (κ1) is 27.9. The van der Waals surface area contributed by atoms with Crippen LogP contribution in [0.3, 0.4) is 0 Å². The molecule has 0 saturated carbocycles. The Hall–Kier alpha value is -2.69. The molecule has 0 radical (unpaired) electrons. The number of halogens is 2. The first-order valence-electron chi connectivity index (χ1n) is 11.3. The van der Waals surface area contributed by atoms with E-state index in [2.05, 4.69) is 5.32 Å². The van der Waals surface area contributed by atoms with E-state index in [1.54, 1.807) is 43.3 Å². The molecule has 2 aromatic carbocycles. The third kappa shape index (κ3) is 6.96. The predicted octanol–water partition coefficient (Wildman–Crippen LogP) is 3.47. The van der Waals surface area contributed by atoms with Gasteiger partial charge in [0.25, 0.3) is 0 Å². The molecule has 0 fully saturated rings. The Balaban J connectivity index is 1.74. The van der Waals surface area contributed by atoms with Gasteiger partial charge in [0.05, 0.1) is 11.9 Å². The van der Waals surface area contributed by atoms with Gasteiger partial charge in [-0.1, -0.05) is 29.3 Å². The van der Waals surface area contributed by atoms with Gasteiger partial charge in [0, 0.05) is 42.7 Å². The maximum Gasteiger partial charge on any atom is 0.242 e. The molecule has 12 heteroatoms. The summed E-state index contributed by atoms with van der Waals surface area (Å²) in [5, 5.41) is 3.39. The Kier molecular flexibility index (Phi) is 9.32. The van der Waals surface area contributed by atoms with Crippen LogP contribution in [0.1, 0.15) is 25.3 Å². The topological polar surface area (TPSA) is 105 Å². The number of fused-ring (bicyclic) bond motifs is 1. The summed E-state index contributed by atoms with van der Waals surface area (Å²) in [7, 11) is -2.14. The van der Waals surface area contributed by atoms with Crippen molar-refractivity contribution in [2.45, 2.75) is 32.4 Å². The molecule has 0 saturated heterocycles. The van der Waals surface area contributed by atoms with Crippen molar-refractivity contribution in [3.05, 3.63) is 52.0 Å². The average Bonchev–Trinajstić information content (AvgIpc) is 2.84. The van der Waals surface area contributed by atoms with Crippen LogP contribution in [0.5, 0.6) is 11.5 Å². The van der Waals surface area contributed by atoms with Crippen LogP contribution >= 0.6 is 23.2 Å². The number of benzene rings is 2. The number of hydrogen-bond donors (Lipinski definition) is 1. The van der Waals surface area contributed by atoms with E-state index in [-0.39, 0.29) is 37.7 Å². The molecular weight excluding hydrogens is 529 g/mol. The summed E-state index contributed by atoms with van der Waals surface area (Å²) in [6.07, 6.45) is 1.35. The summed E-state index contributed by atoms with van der Waals surface area (Å²) in [5.74, 6) is 0.373. The van der Waals surface area contributed by atoms with E-state index < -0.39 is 16.1 Å². The van der Waals surface area contributed by atoms with Crippen LogP contribution < -0.4 is 19.1 Å². The van der Waals surface area contributed by atoms with Gasteiger partial charge in [-0.3, -0.25) is 13.9 Å².